The van der Waals surface area contributed by atoms with Gasteiger partial charge in [-0.3, -0.25) is 0 Å². The van der Waals surface area contributed by atoms with Crippen LogP contribution in [0.5, 0.6) is 0 Å². The summed E-state index contributed by atoms with van der Waals surface area (Å²) < 4.78 is 5.07. The Morgan fingerprint density at radius 2 is 2.21 bits per heavy atom. The summed E-state index contributed by atoms with van der Waals surface area (Å²) in [5.74, 6) is 0.493. The van der Waals surface area contributed by atoms with Gasteiger partial charge in [0.05, 0.1) is 0 Å². The SMILES string of the molecule is C=C/C=C(\C=C/C)OC(=O)N(C)CC. The van der Waals surface area contributed by atoms with Gasteiger partial charge in [0, 0.05) is 13.6 Å². The lowest BCUT2D eigenvalue weighted by molar-refractivity contribution is 0.143. The van der Waals surface area contributed by atoms with E-state index < -0.39 is 0 Å². The fourth-order valence-corrected chi connectivity index (χ4v) is 0.712. The van der Waals surface area contributed by atoms with Crippen LogP contribution in [0.4, 0.5) is 4.79 Å². The van der Waals surface area contributed by atoms with Crippen LogP contribution >= 0.6 is 0 Å². The van der Waals surface area contributed by atoms with Gasteiger partial charge < -0.3 is 9.64 Å². The molecule has 0 aromatic rings. The number of hydrogen-bond donors (Lipinski definition) is 0. The molecule has 0 saturated heterocycles. The molecule has 0 saturated carbocycles. The van der Waals surface area contributed by atoms with Crippen molar-refractivity contribution in [3.8, 4) is 0 Å². The zero-order valence-electron chi connectivity index (χ0n) is 8.99. The highest BCUT2D eigenvalue weighted by Crippen LogP contribution is 2.03. The van der Waals surface area contributed by atoms with Gasteiger partial charge in [-0.25, -0.2) is 4.79 Å². The van der Waals surface area contributed by atoms with Crippen molar-refractivity contribution in [3.05, 3.63) is 36.6 Å². The van der Waals surface area contributed by atoms with Crippen LogP contribution in [0.3, 0.4) is 0 Å². The van der Waals surface area contributed by atoms with Crippen LogP contribution < -0.4 is 0 Å². The number of ether oxygens (including phenoxy) is 1. The van der Waals surface area contributed by atoms with E-state index >= 15 is 0 Å². The molecule has 14 heavy (non-hydrogen) atoms. The molecular formula is C11H17NO2. The first-order chi connectivity index (χ1) is 6.65. The highest BCUT2D eigenvalue weighted by Gasteiger charge is 2.08. The summed E-state index contributed by atoms with van der Waals surface area (Å²) in [4.78, 5) is 12.8. The van der Waals surface area contributed by atoms with E-state index in [1.165, 1.54) is 4.90 Å². The van der Waals surface area contributed by atoms with Gasteiger partial charge in [0.25, 0.3) is 0 Å². The van der Waals surface area contributed by atoms with E-state index in [1.54, 1.807) is 31.4 Å². The lowest BCUT2D eigenvalue weighted by Crippen LogP contribution is -2.26. The van der Waals surface area contributed by atoms with Crippen LogP contribution in [-0.2, 0) is 4.74 Å². The van der Waals surface area contributed by atoms with E-state index in [0.29, 0.717) is 12.3 Å². The van der Waals surface area contributed by atoms with Crippen molar-refractivity contribution in [1.82, 2.24) is 4.90 Å². The Hall–Kier alpha value is -1.51. The van der Waals surface area contributed by atoms with Gasteiger partial charge in [0.15, 0.2) is 0 Å². The van der Waals surface area contributed by atoms with Crippen molar-refractivity contribution in [2.75, 3.05) is 13.6 Å². The van der Waals surface area contributed by atoms with Crippen molar-refractivity contribution in [3.63, 3.8) is 0 Å². The van der Waals surface area contributed by atoms with E-state index in [4.69, 9.17) is 4.74 Å². The Balaban J connectivity index is 4.38. The van der Waals surface area contributed by atoms with Crippen molar-refractivity contribution < 1.29 is 9.53 Å². The topological polar surface area (TPSA) is 29.5 Å². The molecule has 0 aromatic heterocycles. The van der Waals surface area contributed by atoms with Gasteiger partial charge in [-0.2, -0.15) is 0 Å². The molecule has 0 bridgehead atoms. The molecule has 0 aliphatic heterocycles. The normalized spacial score (nSPS) is 11.5. The highest BCUT2D eigenvalue weighted by atomic mass is 16.6. The molecule has 0 aromatic carbocycles. The van der Waals surface area contributed by atoms with Crippen LogP contribution in [-0.4, -0.2) is 24.6 Å². The molecule has 0 N–H and O–H groups in total. The van der Waals surface area contributed by atoms with Crippen LogP contribution in [0.2, 0.25) is 0 Å². The molecule has 3 nitrogen and oxygen atoms in total. The number of rotatable bonds is 4. The second-order valence-corrected chi connectivity index (χ2v) is 2.69. The summed E-state index contributed by atoms with van der Waals surface area (Å²) in [5, 5.41) is 0. The van der Waals surface area contributed by atoms with Gasteiger partial charge in [0.2, 0.25) is 0 Å². The second-order valence-electron chi connectivity index (χ2n) is 2.69. The monoisotopic (exact) mass is 195 g/mol. The maximum atomic E-state index is 11.3. The third kappa shape index (κ3) is 4.50. The zero-order valence-corrected chi connectivity index (χ0v) is 8.99. The first kappa shape index (κ1) is 12.5. The van der Waals surface area contributed by atoms with Gasteiger partial charge in [-0.05, 0) is 26.0 Å². The minimum Gasteiger partial charge on any atom is -0.410 e. The highest BCUT2D eigenvalue weighted by molar-refractivity contribution is 5.68. The molecule has 78 valence electrons. The number of carbonyl (C=O) groups excluding carboxylic acids is 1. The summed E-state index contributed by atoms with van der Waals surface area (Å²) >= 11 is 0. The van der Waals surface area contributed by atoms with Crippen LogP contribution in [0.25, 0.3) is 0 Å². The molecule has 0 fully saturated rings. The van der Waals surface area contributed by atoms with E-state index in [2.05, 4.69) is 6.58 Å². The zero-order chi connectivity index (χ0) is 11.0. The van der Waals surface area contributed by atoms with E-state index in [1.807, 2.05) is 13.8 Å². The summed E-state index contributed by atoms with van der Waals surface area (Å²) in [7, 11) is 1.68. The average molecular weight is 195 g/mol. The summed E-state index contributed by atoms with van der Waals surface area (Å²) in [5.41, 5.74) is 0. The molecule has 0 unspecified atom stereocenters. The number of hydrogen-bond acceptors (Lipinski definition) is 2. The Kier molecular flexibility index (Phi) is 6.20. The van der Waals surface area contributed by atoms with Crippen LogP contribution in [0.1, 0.15) is 13.8 Å². The lowest BCUT2D eigenvalue weighted by atomic mass is 10.4. The van der Waals surface area contributed by atoms with Gasteiger partial charge in [0.1, 0.15) is 5.76 Å². The maximum Gasteiger partial charge on any atom is 0.414 e. The molecule has 0 heterocycles. The molecule has 0 atom stereocenters. The molecule has 3 heteroatoms. The van der Waals surface area contributed by atoms with Gasteiger partial charge >= 0.3 is 6.09 Å². The van der Waals surface area contributed by atoms with E-state index in [9.17, 15) is 4.79 Å². The minimum atomic E-state index is -0.362. The smallest absolute Gasteiger partial charge is 0.410 e. The van der Waals surface area contributed by atoms with Crippen LogP contribution in [0.15, 0.2) is 36.6 Å². The predicted octanol–water partition coefficient (Wildman–Crippen LogP) is 2.72. The van der Waals surface area contributed by atoms with Crippen molar-refractivity contribution in [2.45, 2.75) is 13.8 Å². The molecule has 0 rings (SSSR count). The van der Waals surface area contributed by atoms with Gasteiger partial charge in [-0.1, -0.05) is 18.7 Å². The summed E-state index contributed by atoms with van der Waals surface area (Å²) in [6, 6.07) is 0. The third-order valence-corrected chi connectivity index (χ3v) is 1.60. The molecule has 0 spiro atoms. The standard InChI is InChI=1S/C11H17NO2/c1-5-8-10(9-6-2)14-11(13)12(4)7-3/h5-6,8-9H,1,7H2,2-4H3/b9-6-,10-8+. The second kappa shape index (κ2) is 6.95. The minimum absolute atomic E-state index is 0.362. The number of allylic oxidation sites excluding steroid dienone is 4. The van der Waals surface area contributed by atoms with Crippen molar-refractivity contribution in [1.29, 1.82) is 0 Å². The fourth-order valence-electron chi connectivity index (χ4n) is 0.712. The maximum absolute atomic E-state index is 11.3. The Morgan fingerprint density at radius 1 is 1.57 bits per heavy atom. The predicted molar refractivity (Wildman–Crippen MR) is 57.9 cm³/mol. The number of nitrogens with zero attached hydrogens (tertiary/aromatic N) is 1. The first-order valence-corrected chi connectivity index (χ1v) is 4.54. The lowest BCUT2D eigenvalue weighted by Gasteiger charge is -2.14. The Bertz CT molecular complexity index is 254. The van der Waals surface area contributed by atoms with Crippen molar-refractivity contribution >= 4 is 6.09 Å². The summed E-state index contributed by atoms with van der Waals surface area (Å²) in [6.07, 6.45) is 6.37. The Labute approximate surface area is 85.4 Å². The fraction of sp³-hybridized carbons (Fsp3) is 0.364. The first-order valence-electron chi connectivity index (χ1n) is 4.54. The average Bonchev–Trinajstić information content (AvgIpc) is 2.17. The van der Waals surface area contributed by atoms with E-state index in [-0.39, 0.29) is 6.09 Å². The molecule has 0 aliphatic carbocycles. The molecule has 0 aliphatic rings. The quantitative estimate of drug-likeness (QED) is 0.510. The molecule has 1 amide bonds. The van der Waals surface area contributed by atoms with Gasteiger partial charge in [-0.15, -0.1) is 0 Å². The Morgan fingerprint density at radius 3 is 2.64 bits per heavy atom. The van der Waals surface area contributed by atoms with Crippen LogP contribution in [0, 0.1) is 0 Å². The number of carbonyl (C=O) groups is 1. The molecular weight excluding hydrogens is 178 g/mol. The molecule has 0 radical (unpaired) electrons. The van der Waals surface area contributed by atoms with E-state index in [0.717, 1.165) is 0 Å². The van der Waals surface area contributed by atoms with Crippen molar-refractivity contribution in [2.24, 2.45) is 0 Å². The largest absolute Gasteiger partial charge is 0.414 e. The summed E-state index contributed by atoms with van der Waals surface area (Å²) in [6.45, 7) is 7.90. The number of amides is 1. The third-order valence-electron chi connectivity index (χ3n) is 1.60.